The number of aliphatic hydroxyl groups excluding tert-OH is 1. The summed E-state index contributed by atoms with van der Waals surface area (Å²) in [5.74, 6) is 1.60. The molecular weight excluding hydrogens is 550 g/mol. The molecular formula is C34H35NO8. The number of ether oxygens (including phenoxy) is 4. The molecule has 43 heavy (non-hydrogen) atoms. The van der Waals surface area contributed by atoms with Crippen molar-refractivity contribution in [1.82, 2.24) is 5.32 Å². The zero-order chi connectivity index (χ0) is 30.3. The molecule has 1 aliphatic heterocycles. The minimum atomic E-state index is -1.14. The standard InChI is InChI=1S/C34H35NO8/c1-21-13-26(17-35-29(18-36)34(38)39)32(42-19-23-5-3-7-27(37)14-23)16-31(21)43-20-25-6-4-8-28(22(25)2)24-9-10-30-33(15-24)41-12-11-40-30/h3-10,13-16,29,35-37H,11-12,17-20H2,1-2H3,(H,38,39). The summed E-state index contributed by atoms with van der Waals surface area (Å²) in [5, 5.41) is 31.5. The monoisotopic (exact) mass is 585 g/mol. The molecule has 4 aromatic rings. The van der Waals surface area contributed by atoms with Gasteiger partial charge in [0.15, 0.2) is 11.5 Å². The second-order valence-electron chi connectivity index (χ2n) is 10.4. The summed E-state index contributed by atoms with van der Waals surface area (Å²) in [6, 6.07) is 21.4. The fraction of sp³-hybridized carbons (Fsp3) is 0.265. The summed E-state index contributed by atoms with van der Waals surface area (Å²) >= 11 is 0. The van der Waals surface area contributed by atoms with Crippen LogP contribution in [0.1, 0.15) is 27.8 Å². The van der Waals surface area contributed by atoms with Gasteiger partial charge in [-0.05, 0) is 77.6 Å². The fourth-order valence-corrected chi connectivity index (χ4v) is 4.95. The first-order valence-electron chi connectivity index (χ1n) is 14.0. The summed E-state index contributed by atoms with van der Waals surface area (Å²) in [6.45, 7) is 5.17. The molecule has 0 saturated carbocycles. The van der Waals surface area contributed by atoms with Crippen LogP contribution in [0.5, 0.6) is 28.7 Å². The molecule has 9 heteroatoms. The molecule has 4 aromatic carbocycles. The van der Waals surface area contributed by atoms with Crippen molar-refractivity contribution in [1.29, 1.82) is 0 Å². The minimum Gasteiger partial charge on any atom is -0.508 e. The lowest BCUT2D eigenvalue weighted by molar-refractivity contribution is -0.140. The van der Waals surface area contributed by atoms with Crippen LogP contribution in [0.4, 0.5) is 0 Å². The molecule has 1 unspecified atom stereocenters. The van der Waals surface area contributed by atoms with E-state index in [9.17, 15) is 20.1 Å². The number of aliphatic hydroxyl groups is 1. The van der Waals surface area contributed by atoms with Gasteiger partial charge in [-0.2, -0.15) is 0 Å². The highest BCUT2D eigenvalue weighted by molar-refractivity contribution is 5.73. The van der Waals surface area contributed by atoms with Gasteiger partial charge >= 0.3 is 5.97 Å². The van der Waals surface area contributed by atoms with Crippen molar-refractivity contribution >= 4 is 5.97 Å². The van der Waals surface area contributed by atoms with Gasteiger partial charge in [0, 0.05) is 18.2 Å². The Bertz CT molecular complexity index is 1600. The predicted octanol–water partition coefficient (Wildman–Crippen LogP) is 5.14. The van der Waals surface area contributed by atoms with Crippen LogP contribution in [0.3, 0.4) is 0 Å². The molecule has 0 amide bonds. The molecule has 0 aromatic heterocycles. The number of phenols is 1. The van der Waals surface area contributed by atoms with Gasteiger partial charge in [0.05, 0.1) is 6.61 Å². The van der Waals surface area contributed by atoms with E-state index < -0.39 is 18.6 Å². The molecule has 0 saturated heterocycles. The number of benzene rings is 4. The SMILES string of the molecule is Cc1cc(CNC(CO)C(=O)O)c(OCc2cccc(O)c2)cc1OCc1cccc(-c2ccc3c(c2)OCCO3)c1C. The molecule has 9 nitrogen and oxygen atoms in total. The molecule has 0 bridgehead atoms. The van der Waals surface area contributed by atoms with Gasteiger partial charge in [-0.1, -0.05) is 36.4 Å². The zero-order valence-corrected chi connectivity index (χ0v) is 24.1. The number of hydrogen-bond donors (Lipinski definition) is 4. The van der Waals surface area contributed by atoms with Gasteiger partial charge in [0.2, 0.25) is 0 Å². The Labute approximate surface area is 250 Å². The van der Waals surface area contributed by atoms with Crippen molar-refractivity contribution in [3.63, 3.8) is 0 Å². The topological polar surface area (TPSA) is 127 Å². The largest absolute Gasteiger partial charge is 0.508 e. The average molecular weight is 586 g/mol. The van der Waals surface area contributed by atoms with E-state index in [1.54, 1.807) is 24.3 Å². The van der Waals surface area contributed by atoms with Crippen molar-refractivity contribution in [2.45, 2.75) is 39.6 Å². The first-order valence-corrected chi connectivity index (χ1v) is 14.0. The van der Waals surface area contributed by atoms with E-state index in [-0.39, 0.29) is 18.9 Å². The highest BCUT2D eigenvalue weighted by Gasteiger charge is 2.18. The first kappa shape index (κ1) is 29.8. The zero-order valence-electron chi connectivity index (χ0n) is 24.1. The molecule has 0 fully saturated rings. The van der Waals surface area contributed by atoms with Crippen molar-refractivity contribution < 1.29 is 39.1 Å². The molecule has 224 valence electrons. The smallest absolute Gasteiger partial charge is 0.323 e. The third-order valence-corrected chi connectivity index (χ3v) is 7.36. The number of aliphatic carboxylic acids is 1. The molecule has 4 N–H and O–H groups in total. The first-order chi connectivity index (χ1) is 20.8. The van der Waals surface area contributed by atoms with E-state index in [0.717, 1.165) is 44.9 Å². The number of hydrogen-bond acceptors (Lipinski definition) is 8. The highest BCUT2D eigenvalue weighted by atomic mass is 16.6. The summed E-state index contributed by atoms with van der Waals surface area (Å²) in [6.07, 6.45) is 0. The number of carbonyl (C=O) groups is 1. The number of fused-ring (bicyclic) bond motifs is 1. The number of aryl methyl sites for hydroxylation is 1. The average Bonchev–Trinajstić information content (AvgIpc) is 3.00. The van der Waals surface area contributed by atoms with Crippen LogP contribution in [-0.2, 0) is 24.6 Å². The second-order valence-corrected chi connectivity index (χ2v) is 10.4. The molecule has 1 heterocycles. The lowest BCUT2D eigenvalue weighted by Gasteiger charge is -2.20. The van der Waals surface area contributed by atoms with Crippen LogP contribution in [0.25, 0.3) is 11.1 Å². The van der Waals surface area contributed by atoms with Crippen molar-refractivity contribution in [2.75, 3.05) is 19.8 Å². The van der Waals surface area contributed by atoms with Gasteiger partial charge in [0.1, 0.15) is 49.7 Å². The number of carboxylic acids is 1. The van der Waals surface area contributed by atoms with Crippen molar-refractivity contribution in [2.24, 2.45) is 0 Å². The normalized spacial score (nSPS) is 12.9. The predicted molar refractivity (Wildman–Crippen MR) is 161 cm³/mol. The Kier molecular flexibility index (Phi) is 9.34. The molecule has 0 radical (unpaired) electrons. The Morgan fingerprint density at radius 2 is 1.65 bits per heavy atom. The van der Waals surface area contributed by atoms with E-state index >= 15 is 0 Å². The third kappa shape index (κ3) is 7.20. The Hall–Kier alpha value is -4.73. The van der Waals surface area contributed by atoms with Gasteiger partial charge in [-0.15, -0.1) is 0 Å². The molecule has 1 aliphatic rings. The van der Waals surface area contributed by atoms with E-state index in [0.29, 0.717) is 36.9 Å². The number of carboxylic acid groups (broad SMARTS) is 1. The molecule has 0 spiro atoms. The summed E-state index contributed by atoms with van der Waals surface area (Å²) < 4.78 is 23.9. The van der Waals surface area contributed by atoms with Gasteiger partial charge < -0.3 is 34.3 Å². The van der Waals surface area contributed by atoms with Crippen LogP contribution in [-0.4, -0.2) is 47.2 Å². The lowest BCUT2D eigenvalue weighted by Crippen LogP contribution is -2.39. The van der Waals surface area contributed by atoms with Crippen molar-refractivity contribution in [3.8, 4) is 39.9 Å². The Morgan fingerprint density at radius 1 is 0.884 bits per heavy atom. The minimum absolute atomic E-state index is 0.136. The number of aromatic hydroxyl groups is 1. The number of nitrogens with one attached hydrogen (secondary N) is 1. The van der Waals surface area contributed by atoms with Crippen LogP contribution >= 0.6 is 0 Å². The van der Waals surface area contributed by atoms with Gasteiger partial charge in [0.25, 0.3) is 0 Å². The quantitative estimate of drug-likeness (QED) is 0.179. The maximum atomic E-state index is 11.4. The van der Waals surface area contributed by atoms with E-state index in [1.165, 1.54) is 0 Å². The van der Waals surface area contributed by atoms with Gasteiger partial charge in [-0.3, -0.25) is 10.1 Å². The molecule has 5 rings (SSSR count). The third-order valence-electron chi connectivity index (χ3n) is 7.36. The number of rotatable bonds is 12. The van der Waals surface area contributed by atoms with Crippen LogP contribution < -0.4 is 24.3 Å². The van der Waals surface area contributed by atoms with E-state index in [2.05, 4.69) is 18.3 Å². The van der Waals surface area contributed by atoms with Crippen molar-refractivity contribution in [3.05, 3.63) is 101 Å². The lowest BCUT2D eigenvalue weighted by atomic mass is 9.96. The van der Waals surface area contributed by atoms with E-state index in [1.807, 2.05) is 49.4 Å². The summed E-state index contributed by atoms with van der Waals surface area (Å²) in [5.41, 5.74) is 6.53. The number of phenolic OH excluding ortho intramolecular Hbond substituents is 1. The summed E-state index contributed by atoms with van der Waals surface area (Å²) in [4.78, 5) is 11.4. The van der Waals surface area contributed by atoms with Crippen LogP contribution in [0.2, 0.25) is 0 Å². The van der Waals surface area contributed by atoms with Gasteiger partial charge in [-0.25, -0.2) is 0 Å². The van der Waals surface area contributed by atoms with E-state index in [4.69, 9.17) is 18.9 Å². The Balaban J connectivity index is 1.37. The molecule has 0 aliphatic carbocycles. The fourth-order valence-electron chi connectivity index (χ4n) is 4.95. The maximum absolute atomic E-state index is 11.4. The Morgan fingerprint density at radius 3 is 2.42 bits per heavy atom. The summed E-state index contributed by atoms with van der Waals surface area (Å²) in [7, 11) is 0. The van der Waals surface area contributed by atoms with Crippen LogP contribution in [0.15, 0.2) is 72.8 Å². The molecule has 1 atom stereocenters. The highest BCUT2D eigenvalue weighted by Crippen LogP contribution is 2.37. The van der Waals surface area contributed by atoms with Crippen LogP contribution in [0, 0.1) is 13.8 Å². The maximum Gasteiger partial charge on any atom is 0.323 e. The second kappa shape index (κ2) is 13.5.